The summed E-state index contributed by atoms with van der Waals surface area (Å²) in [6.45, 7) is 1.68. The lowest BCUT2D eigenvalue weighted by Gasteiger charge is -2.23. The molecule has 0 spiro atoms. The van der Waals surface area contributed by atoms with Gasteiger partial charge in [0.05, 0.1) is 6.10 Å². The average molecular weight is 257 g/mol. The van der Waals surface area contributed by atoms with Crippen molar-refractivity contribution in [3.05, 3.63) is 11.5 Å². The summed E-state index contributed by atoms with van der Waals surface area (Å²) in [4.78, 5) is 10.3. The van der Waals surface area contributed by atoms with E-state index in [1.54, 1.807) is 0 Å². The Morgan fingerprint density at radius 1 is 1.59 bits per heavy atom. The minimum atomic E-state index is 0.290. The van der Waals surface area contributed by atoms with Gasteiger partial charge in [-0.2, -0.15) is 0 Å². The summed E-state index contributed by atoms with van der Waals surface area (Å²) >= 11 is 6.02. The van der Waals surface area contributed by atoms with E-state index in [1.165, 1.54) is 6.33 Å². The highest BCUT2D eigenvalue weighted by Crippen LogP contribution is 2.28. The molecule has 1 aliphatic rings. The number of aromatic nitrogens is 2. The lowest BCUT2D eigenvalue weighted by molar-refractivity contribution is 0.116. The molecule has 5 nitrogen and oxygen atoms in total. The second-order valence-electron chi connectivity index (χ2n) is 4.13. The number of anilines is 2. The van der Waals surface area contributed by atoms with E-state index >= 15 is 0 Å². The highest BCUT2D eigenvalue weighted by atomic mass is 35.5. The minimum absolute atomic E-state index is 0.290. The molecule has 2 rings (SSSR count). The molecule has 0 radical (unpaired) electrons. The van der Waals surface area contributed by atoms with Gasteiger partial charge in [-0.1, -0.05) is 11.6 Å². The van der Waals surface area contributed by atoms with Crippen molar-refractivity contribution in [1.82, 2.24) is 9.97 Å². The first-order chi connectivity index (χ1) is 8.22. The van der Waals surface area contributed by atoms with Crippen molar-refractivity contribution < 1.29 is 4.74 Å². The Labute approximate surface area is 106 Å². The Morgan fingerprint density at radius 3 is 3.06 bits per heavy atom. The predicted molar refractivity (Wildman–Crippen MR) is 68.8 cm³/mol. The van der Waals surface area contributed by atoms with Gasteiger partial charge in [0, 0.05) is 27.2 Å². The molecule has 1 N–H and O–H groups in total. The van der Waals surface area contributed by atoms with Gasteiger partial charge in [-0.3, -0.25) is 0 Å². The number of halogens is 1. The Bertz CT molecular complexity index is 382. The summed E-state index contributed by atoms with van der Waals surface area (Å²) in [5.74, 6) is 0.808. The number of likely N-dealkylation sites (N-methyl/N-ethyl adjacent to an activating group) is 1. The molecule has 0 aliphatic carbocycles. The van der Waals surface area contributed by atoms with Crippen molar-refractivity contribution in [3.8, 4) is 0 Å². The SMILES string of the molecule is CNc1c(Cl)ncnc1N(C)CC1CCCO1. The number of ether oxygens (including phenoxy) is 1. The zero-order valence-electron chi connectivity index (χ0n) is 10.1. The lowest BCUT2D eigenvalue weighted by atomic mass is 10.2. The summed E-state index contributed by atoms with van der Waals surface area (Å²) < 4.78 is 5.61. The first-order valence-corrected chi connectivity index (χ1v) is 6.11. The fraction of sp³-hybridized carbons (Fsp3) is 0.636. The molecule has 1 saturated heterocycles. The molecule has 1 aromatic heterocycles. The van der Waals surface area contributed by atoms with E-state index in [2.05, 4.69) is 20.2 Å². The molecule has 1 aliphatic heterocycles. The first-order valence-electron chi connectivity index (χ1n) is 5.73. The largest absolute Gasteiger partial charge is 0.383 e. The van der Waals surface area contributed by atoms with Gasteiger partial charge >= 0.3 is 0 Å². The fourth-order valence-electron chi connectivity index (χ4n) is 2.04. The maximum Gasteiger partial charge on any atom is 0.157 e. The van der Waals surface area contributed by atoms with Gasteiger partial charge in [0.15, 0.2) is 11.0 Å². The smallest absolute Gasteiger partial charge is 0.157 e. The van der Waals surface area contributed by atoms with E-state index in [0.29, 0.717) is 11.3 Å². The fourth-order valence-corrected chi connectivity index (χ4v) is 2.26. The number of hydrogen-bond acceptors (Lipinski definition) is 5. The Hall–Kier alpha value is -1.07. The van der Waals surface area contributed by atoms with Crippen LogP contribution >= 0.6 is 11.6 Å². The predicted octanol–water partition coefficient (Wildman–Crippen LogP) is 1.79. The topological polar surface area (TPSA) is 50.3 Å². The molecule has 1 unspecified atom stereocenters. The van der Waals surface area contributed by atoms with Crippen LogP contribution in [0.5, 0.6) is 0 Å². The quantitative estimate of drug-likeness (QED) is 0.833. The van der Waals surface area contributed by atoms with Crippen LogP contribution in [0.3, 0.4) is 0 Å². The zero-order valence-corrected chi connectivity index (χ0v) is 10.9. The lowest BCUT2D eigenvalue weighted by Crippen LogP contribution is -2.29. The van der Waals surface area contributed by atoms with Crippen molar-refractivity contribution in [3.63, 3.8) is 0 Å². The van der Waals surface area contributed by atoms with E-state index < -0.39 is 0 Å². The zero-order chi connectivity index (χ0) is 12.3. The standard InChI is InChI=1S/C11H17ClN4O/c1-13-9-10(12)14-7-15-11(9)16(2)6-8-4-3-5-17-8/h7-8,13H,3-6H2,1-2H3. The normalized spacial score (nSPS) is 19.4. The molecule has 0 saturated carbocycles. The molecule has 0 aromatic carbocycles. The monoisotopic (exact) mass is 256 g/mol. The van der Waals surface area contributed by atoms with Gasteiger partial charge < -0.3 is 15.0 Å². The number of nitrogens with one attached hydrogen (secondary N) is 1. The molecule has 17 heavy (non-hydrogen) atoms. The van der Waals surface area contributed by atoms with Crippen LogP contribution in [-0.4, -0.2) is 43.3 Å². The summed E-state index contributed by atoms with van der Waals surface area (Å²) in [5, 5.41) is 3.47. The second-order valence-corrected chi connectivity index (χ2v) is 4.49. The summed E-state index contributed by atoms with van der Waals surface area (Å²) in [5.41, 5.74) is 0.759. The molecule has 0 bridgehead atoms. The molecule has 94 valence electrons. The molecular formula is C11H17ClN4O. The van der Waals surface area contributed by atoms with Crippen LogP contribution in [0.1, 0.15) is 12.8 Å². The summed E-state index contributed by atoms with van der Waals surface area (Å²) in [7, 11) is 3.80. The molecule has 0 amide bonds. The molecular weight excluding hydrogens is 240 g/mol. The highest BCUT2D eigenvalue weighted by molar-refractivity contribution is 6.32. The van der Waals surface area contributed by atoms with Crippen LogP contribution in [0, 0.1) is 0 Å². The van der Waals surface area contributed by atoms with Gasteiger partial charge in [0.2, 0.25) is 0 Å². The third-order valence-electron chi connectivity index (χ3n) is 2.89. The Kier molecular flexibility index (Phi) is 4.02. The Balaban J connectivity index is 2.12. The molecule has 2 heterocycles. The van der Waals surface area contributed by atoms with Crippen molar-refractivity contribution in [2.45, 2.75) is 18.9 Å². The first kappa shape index (κ1) is 12.4. The minimum Gasteiger partial charge on any atom is -0.383 e. The van der Waals surface area contributed by atoms with Crippen LogP contribution in [0.15, 0.2) is 6.33 Å². The Morgan fingerprint density at radius 2 is 2.41 bits per heavy atom. The average Bonchev–Trinajstić information content (AvgIpc) is 2.81. The van der Waals surface area contributed by atoms with Crippen molar-refractivity contribution in [2.24, 2.45) is 0 Å². The van der Waals surface area contributed by atoms with Gasteiger partial charge in [0.1, 0.15) is 12.0 Å². The van der Waals surface area contributed by atoms with Crippen LogP contribution in [0.2, 0.25) is 5.15 Å². The maximum atomic E-state index is 6.02. The molecule has 1 aromatic rings. The molecule has 1 atom stereocenters. The van der Waals surface area contributed by atoms with Crippen molar-refractivity contribution in [1.29, 1.82) is 0 Å². The van der Waals surface area contributed by atoms with Gasteiger partial charge in [-0.15, -0.1) is 0 Å². The van der Waals surface area contributed by atoms with Crippen LogP contribution in [-0.2, 0) is 4.74 Å². The van der Waals surface area contributed by atoms with Gasteiger partial charge in [0.25, 0.3) is 0 Å². The van der Waals surface area contributed by atoms with Crippen molar-refractivity contribution >= 4 is 23.1 Å². The van der Waals surface area contributed by atoms with Crippen LogP contribution in [0.25, 0.3) is 0 Å². The van der Waals surface area contributed by atoms with E-state index in [0.717, 1.165) is 37.5 Å². The number of nitrogens with zero attached hydrogens (tertiary/aromatic N) is 3. The third-order valence-corrected chi connectivity index (χ3v) is 3.18. The van der Waals surface area contributed by atoms with E-state index in [4.69, 9.17) is 16.3 Å². The van der Waals surface area contributed by atoms with Crippen molar-refractivity contribution in [2.75, 3.05) is 37.5 Å². The summed E-state index contributed by atoms with van der Waals surface area (Å²) in [6, 6.07) is 0. The van der Waals surface area contributed by atoms with E-state index in [9.17, 15) is 0 Å². The van der Waals surface area contributed by atoms with E-state index in [-0.39, 0.29) is 0 Å². The number of rotatable bonds is 4. The molecule has 1 fully saturated rings. The third kappa shape index (κ3) is 2.79. The van der Waals surface area contributed by atoms with Crippen LogP contribution in [0.4, 0.5) is 11.5 Å². The van der Waals surface area contributed by atoms with E-state index in [1.807, 2.05) is 14.1 Å². The second kappa shape index (κ2) is 5.51. The summed E-state index contributed by atoms with van der Waals surface area (Å²) in [6.07, 6.45) is 4.02. The van der Waals surface area contributed by atoms with Gasteiger partial charge in [-0.25, -0.2) is 9.97 Å². The number of hydrogen-bond donors (Lipinski definition) is 1. The maximum absolute atomic E-state index is 6.02. The highest BCUT2D eigenvalue weighted by Gasteiger charge is 2.20. The molecule has 6 heteroatoms. The van der Waals surface area contributed by atoms with Gasteiger partial charge in [-0.05, 0) is 12.8 Å². The van der Waals surface area contributed by atoms with Crippen LogP contribution < -0.4 is 10.2 Å².